The molecule has 1 aromatic rings. The van der Waals surface area contributed by atoms with E-state index in [0.29, 0.717) is 12.1 Å². The topological polar surface area (TPSA) is 78.5 Å². The molecule has 0 spiro atoms. The molecule has 1 unspecified atom stereocenters. The molecule has 0 aliphatic heterocycles. The molecule has 1 atom stereocenters. The lowest BCUT2D eigenvalue weighted by molar-refractivity contribution is 0.0950. The van der Waals surface area contributed by atoms with Gasteiger partial charge >= 0.3 is 0 Å². The molecule has 1 aromatic carbocycles. The Labute approximate surface area is 132 Å². The maximum absolute atomic E-state index is 12.0. The molecule has 1 rings (SSSR count). The molecule has 0 heterocycles. The lowest BCUT2D eigenvalue weighted by atomic mass is 10.2. The van der Waals surface area contributed by atoms with E-state index < -0.39 is 10.0 Å². The van der Waals surface area contributed by atoms with Crippen LogP contribution in [0.5, 0.6) is 0 Å². The van der Waals surface area contributed by atoms with Crippen LogP contribution >= 0.6 is 12.4 Å². The molecule has 0 aliphatic rings. The monoisotopic (exact) mass is 335 g/mol. The van der Waals surface area contributed by atoms with Crippen molar-refractivity contribution in [2.75, 3.05) is 27.7 Å². The van der Waals surface area contributed by atoms with E-state index in [-0.39, 0.29) is 29.3 Å². The molecule has 8 heteroatoms. The van der Waals surface area contributed by atoms with E-state index in [4.69, 9.17) is 0 Å². The van der Waals surface area contributed by atoms with Crippen molar-refractivity contribution in [2.45, 2.75) is 17.9 Å². The molecule has 2 N–H and O–H groups in total. The highest BCUT2D eigenvalue weighted by atomic mass is 35.5. The van der Waals surface area contributed by atoms with E-state index in [1.807, 2.05) is 6.92 Å². The number of nitrogens with one attached hydrogen (secondary N) is 2. The van der Waals surface area contributed by atoms with Gasteiger partial charge in [-0.25, -0.2) is 12.7 Å². The van der Waals surface area contributed by atoms with Crippen molar-refractivity contribution in [3.8, 4) is 0 Å². The lowest BCUT2D eigenvalue weighted by Crippen LogP contribution is -2.37. The SMILES string of the molecule is CNC(C)CNC(=O)c1cccc(S(=O)(=O)N(C)C)c1.Cl. The summed E-state index contributed by atoms with van der Waals surface area (Å²) in [6, 6.07) is 6.16. The fourth-order valence-electron chi connectivity index (χ4n) is 1.46. The maximum atomic E-state index is 12.0. The van der Waals surface area contributed by atoms with Crippen molar-refractivity contribution in [3.05, 3.63) is 29.8 Å². The fourth-order valence-corrected chi connectivity index (χ4v) is 2.41. The van der Waals surface area contributed by atoms with Gasteiger partial charge in [-0.2, -0.15) is 0 Å². The highest BCUT2D eigenvalue weighted by molar-refractivity contribution is 7.89. The van der Waals surface area contributed by atoms with Crippen molar-refractivity contribution in [2.24, 2.45) is 0 Å². The molecule has 0 saturated heterocycles. The van der Waals surface area contributed by atoms with Crippen molar-refractivity contribution < 1.29 is 13.2 Å². The van der Waals surface area contributed by atoms with Crippen LogP contribution in [-0.2, 0) is 10.0 Å². The molecule has 0 radical (unpaired) electrons. The lowest BCUT2D eigenvalue weighted by Gasteiger charge is -2.13. The summed E-state index contributed by atoms with van der Waals surface area (Å²) in [6.45, 7) is 2.41. The van der Waals surface area contributed by atoms with Crippen LogP contribution in [0.25, 0.3) is 0 Å². The third-order valence-corrected chi connectivity index (χ3v) is 4.75. The number of amides is 1. The standard InChI is InChI=1S/C13H21N3O3S.ClH/c1-10(14-2)9-15-13(17)11-6-5-7-12(8-11)20(18,19)16(3)4;/h5-8,10,14H,9H2,1-4H3,(H,15,17);1H. The Bertz CT molecular complexity index is 576. The van der Waals surface area contributed by atoms with E-state index in [0.717, 1.165) is 4.31 Å². The number of carbonyl (C=O) groups is 1. The van der Waals surface area contributed by atoms with Crippen LogP contribution in [0.2, 0.25) is 0 Å². The minimum absolute atomic E-state index is 0. The smallest absolute Gasteiger partial charge is 0.251 e. The van der Waals surface area contributed by atoms with E-state index in [2.05, 4.69) is 10.6 Å². The van der Waals surface area contributed by atoms with Gasteiger partial charge in [-0.05, 0) is 32.2 Å². The summed E-state index contributed by atoms with van der Waals surface area (Å²) in [7, 11) is 1.19. The number of nitrogens with zero attached hydrogens (tertiary/aromatic N) is 1. The van der Waals surface area contributed by atoms with Gasteiger partial charge in [0, 0.05) is 32.2 Å². The summed E-state index contributed by atoms with van der Waals surface area (Å²) >= 11 is 0. The molecular formula is C13H22ClN3O3S. The van der Waals surface area contributed by atoms with Gasteiger partial charge in [-0.15, -0.1) is 12.4 Å². The minimum atomic E-state index is -3.53. The van der Waals surface area contributed by atoms with Gasteiger partial charge in [0.15, 0.2) is 0 Å². The van der Waals surface area contributed by atoms with Gasteiger partial charge in [0.05, 0.1) is 4.90 Å². The third-order valence-electron chi connectivity index (χ3n) is 2.94. The summed E-state index contributed by atoms with van der Waals surface area (Å²) in [5, 5.41) is 5.75. The Morgan fingerprint density at radius 3 is 2.48 bits per heavy atom. The number of hydrogen-bond donors (Lipinski definition) is 2. The molecular weight excluding hydrogens is 314 g/mol. The number of sulfonamides is 1. The van der Waals surface area contributed by atoms with E-state index in [1.54, 1.807) is 19.2 Å². The van der Waals surface area contributed by atoms with Gasteiger partial charge in [0.25, 0.3) is 5.91 Å². The number of carbonyl (C=O) groups excluding carboxylic acids is 1. The van der Waals surface area contributed by atoms with Crippen LogP contribution in [-0.4, -0.2) is 52.4 Å². The van der Waals surface area contributed by atoms with Crippen LogP contribution in [0.4, 0.5) is 0 Å². The number of hydrogen-bond acceptors (Lipinski definition) is 4. The Hall–Kier alpha value is -1.15. The average Bonchev–Trinajstić information content (AvgIpc) is 2.44. The zero-order valence-corrected chi connectivity index (χ0v) is 14.2. The zero-order valence-electron chi connectivity index (χ0n) is 12.6. The molecule has 120 valence electrons. The van der Waals surface area contributed by atoms with Gasteiger partial charge in [0.1, 0.15) is 0 Å². The van der Waals surface area contributed by atoms with E-state index >= 15 is 0 Å². The van der Waals surface area contributed by atoms with Crippen molar-refractivity contribution in [1.29, 1.82) is 0 Å². The Morgan fingerprint density at radius 1 is 1.33 bits per heavy atom. The van der Waals surface area contributed by atoms with Crippen molar-refractivity contribution in [1.82, 2.24) is 14.9 Å². The summed E-state index contributed by atoms with van der Waals surface area (Å²) in [5.74, 6) is -0.289. The van der Waals surface area contributed by atoms with Crippen LogP contribution in [0.15, 0.2) is 29.2 Å². The van der Waals surface area contributed by atoms with E-state index in [9.17, 15) is 13.2 Å². The van der Waals surface area contributed by atoms with Crippen LogP contribution in [0.1, 0.15) is 17.3 Å². The molecule has 1 amide bonds. The zero-order chi connectivity index (χ0) is 15.3. The largest absolute Gasteiger partial charge is 0.350 e. The molecule has 21 heavy (non-hydrogen) atoms. The summed E-state index contributed by atoms with van der Waals surface area (Å²) in [6.07, 6.45) is 0. The van der Waals surface area contributed by atoms with Gasteiger partial charge in [-0.1, -0.05) is 6.07 Å². The Kier molecular flexibility index (Phi) is 7.87. The van der Waals surface area contributed by atoms with Gasteiger partial charge in [-0.3, -0.25) is 4.79 Å². The summed E-state index contributed by atoms with van der Waals surface area (Å²) in [5.41, 5.74) is 0.330. The van der Waals surface area contributed by atoms with Gasteiger partial charge in [0.2, 0.25) is 10.0 Å². The maximum Gasteiger partial charge on any atom is 0.251 e. The first-order chi connectivity index (χ1) is 9.28. The second-order valence-electron chi connectivity index (χ2n) is 4.72. The highest BCUT2D eigenvalue weighted by Gasteiger charge is 2.18. The molecule has 0 saturated carbocycles. The van der Waals surface area contributed by atoms with Crippen molar-refractivity contribution >= 4 is 28.3 Å². The number of benzene rings is 1. The molecule has 6 nitrogen and oxygen atoms in total. The molecule has 0 aliphatic carbocycles. The quantitative estimate of drug-likeness (QED) is 0.802. The van der Waals surface area contributed by atoms with Gasteiger partial charge < -0.3 is 10.6 Å². The fraction of sp³-hybridized carbons (Fsp3) is 0.462. The first-order valence-electron chi connectivity index (χ1n) is 6.27. The summed E-state index contributed by atoms with van der Waals surface area (Å²) < 4.78 is 25.1. The number of likely N-dealkylation sites (N-methyl/N-ethyl adjacent to an activating group) is 1. The second-order valence-corrected chi connectivity index (χ2v) is 6.87. The normalized spacial score (nSPS) is 12.6. The highest BCUT2D eigenvalue weighted by Crippen LogP contribution is 2.14. The van der Waals surface area contributed by atoms with Crippen molar-refractivity contribution in [3.63, 3.8) is 0 Å². The average molecular weight is 336 g/mol. The second kappa shape index (κ2) is 8.33. The Morgan fingerprint density at radius 2 is 1.95 bits per heavy atom. The van der Waals surface area contributed by atoms with Crippen LogP contribution in [0.3, 0.4) is 0 Å². The number of rotatable bonds is 6. The van der Waals surface area contributed by atoms with Crippen LogP contribution < -0.4 is 10.6 Å². The third kappa shape index (κ3) is 5.28. The van der Waals surface area contributed by atoms with E-state index in [1.165, 1.54) is 26.2 Å². The molecule has 0 aromatic heterocycles. The molecule has 0 fully saturated rings. The predicted octanol–water partition coefficient (Wildman–Crippen LogP) is 0.696. The Balaban J connectivity index is 0.00000400. The van der Waals surface area contributed by atoms with Crippen LogP contribution in [0, 0.1) is 0 Å². The molecule has 0 bridgehead atoms. The number of halogens is 1. The summed E-state index contributed by atoms with van der Waals surface area (Å²) in [4.78, 5) is 12.1. The minimum Gasteiger partial charge on any atom is -0.350 e. The predicted molar refractivity (Wildman–Crippen MR) is 85.4 cm³/mol. The first-order valence-corrected chi connectivity index (χ1v) is 7.71. The first kappa shape index (κ1) is 19.9.